The molecule has 0 radical (unpaired) electrons. The normalized spacial score (nSPS) is 18.4. The van der Waals surface area contributed by atoms with Gasteiger partial charge in [0.1, 0.15) is 4.90 Å². The molecule has 4 N–H and O–H groups in total. The number of sulfonamides is 1. The fraction of sp³-hybridized carbons (Fsp3) is 0.538. The Labute approximate surface area is 119 Å². The van der Waals surface area contributed by atoms with Gasteiger partial charge in [0.15, 0.2) is 0 Å². The van der Waals surface area contributed by atoms with Crippen LogP contribution in [0, 0.1) is 0 Å². The number of hydrogen-bond donors (Lipinski definition) is 3. The number of hydrazine groups is 1. The van der Waals surface area contributed by atoms with E-state index in [0.29, 0.717) is 18.5 Å². The van der Waals surface area contributed by atoms with Crippen LogP contribution in [-0.4, -0.2) is 37.0 Å². The first-order valence-electron chi connectivity index (χ1n) is 6.63. The van der Waals surface area contributed by atoms with Crippen molar-refractivity contribution in [2.45, 2.75) is 36.2 Å². The van der Waals surface area contributed by atoms with Crippen LogP contribution in [0.2, 0.25) is 0 Å². The van der Waals surface area contributed by atoms with Gasteiger partial charge in [-0.25, -0.2) is 8.42 Å². The van der Waals surface area contributed by atoms with E-state index in [1.54, 1.807) is 18.2 Å². The Morgan fingerprint density at radius 3 is 2.55 bits per heavy atom. The smallest absolute Gasteiger partial charge is 0.245 e. The van der Waals surface area contributed by atoms with Gasteiger partial charge in [0.2, 0.25) is 10.0 Å². The molecule has 1 saturated carbocycles. The number of rotatable bonds is 5. The van der Waals surface area contributed by atoms with Crippen LogP contribution in [0.3, 0.4) is 0 Å². The minimum atomic E-state index is -3.68. The van der Waals surface area contributed by atoms with Gasteiger partial charge >= 0.3 is 0 Å². The van der Waals surface area contributed by atoms with Crippen molar-refractivity contribution < 1.29 is 13.5 Å². The second kappa shape index (κ2) is 5.69. The van der Waals surface area contributed by atoms with Crippen molar-refractivity contribution in [1.29, 1.82) is 0 Å². The van der Waals surface area contributed by atoms with Gasteiger partial charge in [0.05, 0.1) is 11.3 Å². The Kier molecular flexibility index (Phi) is 4.33. The van der Waals surface area contributed by atoms with E-state index in [1.165, 1.54) is 17.4 Å². The van der Waals surface area contributed by atoms with E-state index in [2.05, 4.69) is 5.43 Å². The van der Waals surface area contributed by atoms with E-state index < -0.39 is 15.6 Å². The molecular formula is C13H21N3O3S. The minimum Gasteiger partial charge on any atom is -0.389 e. The van der Waals surface area contributed by atoms with Gasteiger partial charge in [-0.2, -0.15) is 4.31 Å². The fourth-order valence-electron chi connectivity index (χ4n) is 2.67. The molecular weight excluding hydrogens is 278 g/mol. The minimum absolute atomic E-state index is 0.105. The molecule has 1 aliphatic rings. The molecule has 1 fully saturated rings. The molecule has 0 spiro atoms. The van der Waals surface area contributed by atoms with Crippen molar-refractivity contribution in [3.63, 3.8) is 0 Å². The average Bonchev–Trinajstić information content (AvgIpc) is 2.85. The lowest BCUT2D eigenvalue weighted by atomic mass is 10.0. The molecule has 20 heavy (non-hydrogen) atoms. The van der Waals surface area contributed by atoms with Crippen molar-refractivity contribution in [2.75, 3.05) is 19.0 Å². The number of nitrogens with zero attached hydrogens (tertiary/aromatic N) is 1. The topological polar surface area (TPSA) is 95.7 Å². The van der Waals surface area contributed by atoms with Crippen molar-refractivity contribution in [2.24, 2.45) is 5.84 Å². The molecule has 2 rings (SSSR count). The zero-order valence-electron chi connectivity index (χ0n) is 11.5. The van der Waals surface area contributed by atoms with E-state index in [-0.39, 0.29) is 11.4 Å². The predicted molar refractivity (Wildman–Crippen MR) is 77.5 cm³/mol. The monoisotopic (exact) mass is 299 g/mol. The van der Waals surface area contributed by atoms with Crippen molar-refractivity contribution in [3.05, 3.63) is 24.3 Å². The number of hydrogen-bond acceptors (Lipinski definition) is 5. The number of para-hydroxylation sites is 1. The second-order valence-electron chi connectivity index (χ2n) is 5.33. The van der Waals surface area contributed by atoms with Crippen LogP contribution in [-0.2, 0) is 10.0 Å². The van der Waals surface area contributed by atoms with Gasteiger partial charge in [-0.05, 0) is 25.0 Å². The first-order valence-corrected chi connectivity index (χ1v) is 8.07. The molecule has 0 saturated heterocycles. The zero-order chi connectivity index (χ0) is 14.8. The summed E-state index contributed by atoms with van der Waals surface area (Å²) in [4.78, 5) is 0.117. The first kappa shape index (κ1) is 15.2. The van der Waals surface area contributed by atoms with Crippen LogP contribution in [0.4, 0.5) is 5.69 Å². The number of nitrogen functional groups attached to an aromatic ring is 1. The van der Waals surface area contributed by atoms with E-state index >= 15 is 0 Å². The largest absolute Gasteiger partial charge is 0.389 e. The summed E-state index contributed by atoms with van der Waals surface area (Å²) in [7, 11) is -2.19. The lowest BCUT2D eigenvalue weighted by molar-refractivity contribution is 0.0333. The van der Waals surface area contributed by atoms with Crippen LogP contribution in [0.25, 0.3) is 0 Å². The SMILES string of the molecule is CN(CC1(O)CCCC1)S(=O)(=O)c1ccccc1NN. The molecule has 0 heterocycles. The van der Waals surface area contributed by atoms with Crippen LogP contribution < -0.4 is 11.3 Å². The molecule has 0 aliphatic heterocycles. The van der Waals surface area contributed by atoms with Crippen LogP contribution in [0.15, 0.2) is 29.2 Å². The fourth-order valence-corrected chi connectivity index (χ4v) is 4.07. The summed E-state index contributed by atoms with van der Waals surface area (Å²) in [5.74, 6) is 5.35. The predicted octanol–water partition coefficient (Wildman–Crippen LogP) is 0.898. The summed E-state index contributed by atoms with van der Waals surface area (Å²) in [5.41, 5.74) is 1.83. The van der Waals surface area contributed by atoms with Gasteiger partial charge in [-0.3, -0.25) is 5.84 Å². The Morgan fingerprint density at radius 2 is 1.95 bits per heavy atom. The van der Waals surface area contributed by atoms with Gasteiger partial charge in [0, 0.05) is 13.6 Å². The lowest BCUT2D eigenvalue weighted by Crippen LogP contribution is -2.42. The van der Waals surface area contributed by atoms with Crippen molar-refractivity contribution >= 4 is 15.7 Å². The summed E-state index contributed by atoms with van der Waals surface area (Å²) in [6.07, 6.45) is 3.16. The third-order valence-corrected chi connectivity index (χ3v) is 5.64. The number of nitrogens with two attached hydrogens (primary N) is 1. The van der Waals surface area contributed by atoms with Gasteiger partial charge < -0.3 is 10.5 Å². The summed E-state index contributed by atoms with van der Waals surface area (Å²) >= 11 is 0. The maximum atomic E-state index is 12.6. The molecule has 0 aromatic heterocycles. The van der Waals surface area contributed by atoms with E-state index in [0.717, 1.165) is 12.8 Å². The highest BCUT2D eigenvalue weighted by Crippen LogP contribution is 2.32. The summed E-state index contributed by atoms with van der Waals surface area (Å²) in [6.45, 7) is 0.105. The van der Waals surface area contributed by atoms with Crippen molar-refractivity contribution in [3.8, 4) is 0 Å². The molecule has 0 bridgehead atoms. The summed E-state index contributed by atoms with van der Waals surface area (Å²) in [6, 6.07) is 6.45. The number of anilines is 1. The molecule has 0 amide bonds. The third-order valence-electron chi connectivity index (χ3n) is 3.78. The average molecular weight is 299 g/mol. The highest BCUT2D eigenvalue weighted by atomic mass is 32.2. The zero-order valence-corrected chi connectivity index (χ0v) is 12.4. The number of likely N-dealkylation sites (N-methyl/N-ethyl adjacent to an activating group) is 1. The maximum absolute atomic E-state index is 12.6. The quantitative estimate of drug-likeness (QED) is 0.554. The van der Waals surface area contributed by atoms with Crippen LogP contribution >= 0.6 is 0 Å². The Balaban J connectivity index is 2.25. The first-order chi connectivity index (χ1) is 9.39. The molecule has 1 aromatic rings. The third kappa shape index (κ3) is 2.95. The maximum Gasteiger partial charge on any atom is 0.245 e. The van der Waals surface area contributed by atoms with Gasteiger partial charge in [0.25, 0.3) is 0 Å². The standard InChI is InChI=1S/C13H21N3O3S/c1-16(10-13(17)8-4-5-9-13)20(18,19)12-7-3-2-6-11(12)15-14/h2-3,6-7,15,17H,4-5,8-10,14H2,1H3. The number of aliphatic hydroxyl groups is 1. The molecule has 6 nitrogen and oxygen atoms in total. The van der Waals surface area contributed by atoms with E-state index in [4.69, 9.17) is 5.84 Å². The Hall–Kier alpha value is -1.15. The van der Waals surface area contributed by atoms with E-state index in [1.807, 2.05) is 0 Å². The molecule has 1 aromatic carbocycles. The number of nitrogens with one attached hydrogen (secondary N) is 1. The van der Waals surface area contributed by atoms with Crippen molar-refractivity contribution in [1.82, 2.24) is 4.31 Å². The summed E-state index contributed by atoms with van der Waals surface area (Å²) < 4.78 is 26.3. The molecule has 0 atom stereocenters. The lowest BCUT2D eigenvalue weighted by Gasteiger charge is -2.28. The second-order valence-corrected chi connectivity index (χ2v) is 7.35. The van der Waals surface area contributed by atoms with E-state index in [9.17, 15) is 13.5 Å². The van der Waals surface area contributed by atoms with Crippen LogP contribution in [0.1, 0.15) is 25.7 Å². The molecule has 1 aliphatic carbocycles. The Morgan fingerprint density at radius 1 is 1.35 bits per heavy atom. The molecule has 112 valence electrons. The summed E-state index contributed by atoms with van der Waals surface area (Å²) in [5, 5.41) is 10.4. The molecule has 0 unspecified atom stereocenters. The van der Waals surface area contributed by atoms with Gasteiger partial charge in [-0.15, -0.1) is 0 Å². The highest BCUT2D eigenvalue weighted by molar-refractivity contribution is 7.89. The highest BCUT2D eigenvalue weighted by Gasteiger charge is 2.36. The van der Waals surface area contributed by atoms with Crippen LogP contribution in [0.5, 0.6) is 0 Å². The molecule has 7 heteroatoms. The number of benzene rings is 1. The van der Waals surface area contributed by atoms with Gasteiger partial charge in [-0.1, -0.05) is 25.0 Å². The Bertz CT molecular complexity index is 568.